The zero-order chi connectivity index (χ0) is 13.1. The highest BCUT2D eigenvalue weighted by Crippen LogP contribution is 2.33. The van der Waals surface area contributed by atoms with Gasteiger partial charge in [-0.2, -0.15) is 0 Å². The second-order valence-electron chi connectivity index (χ2n) is 4.47. The van der Waals surface area contributed by atoms with Gasteiger partial charge in [-0.05, 0) is 40.5 Å². The highest BCUT2D eigenvalue weighted by molar-refractivity contribution is 9.10. The zero-order valence-electron chi connectivity index (χ0n) is 10.2. The predicted molar refractivity (Wildman–Crippen MR) is 76.2 cm³/mol. The maximum absolute atomic E-state index is 5.93. The van der Waals surface area contributed by atoms with Crippen molar-refractivity contribution in [1.82, 2.24) is 0 Å². The second-order valence-corrected chi connectivity index (χ2v) is 5.76. The average Bonchev–Trinajstić information content (AvgIpc) is 2.32. The third-order valence-electron chi connectivity index (χ3n) is 2.98. The summed E-state index contributed by atoms with van der Waals surface area (Å²) in [5.74, 6) is 0.779. The van der Waals surface area contributed by atoms with Crippen LogP contribution in [0.1, 0.15) is 19.8 Å². The number of nitrogens with two attached hydrogens (primary N) is 1. The molecular weight excluding hydrogens is 318 g/mol. The van der Waals surface area contributed by atoms with E-state index in [1.165, 1.54) is 0 Å². The SMILES string of the molecule is CCCOC1C(N)CC1Oc1ccc(Cl)cc1Br. The van der Waals surface area contributed by atoms with Gasteiger partial charge in [-0.3, -0.25) is 0 Å². The van der Waals surface area contributed by atoms with Gasteiger partial charge in [-0.25, -0.2) is 0 Å². The van der Waals surface area contributed by atoms with Crippen molar-refractivity contribution in [3.8, 4) is 5.75 Å². The smallest absolute Gasteiger partial charge is 0.134 e. The van der Waals surface area contributed by atoms with Crippen molar-refractivity contribution < 1.29 is 9.47 Å². The number of hydrogen-bond donors (Lipinski definition) is 1. The van der Waals surface area contributed by atoms with Gasteiger partial charge in [0, 0.05) is 24.1 Å². The molecule has 0 aromatic heterocycles. The van der Waals surface area contributed by atoms with Crippen LogP contribution >= 0.6 is 27.5 Å². The molecule has 0 spiro atoms. The summed E-state index contributed by atoms with van der Waals surface area (Å²) in [4.78, 5) is 0. The molecule has 0 heterocycles. The average molecular weight is 335 g/mol. The molecule has 18 heavy (non-hydrogen) atoms. The lowest BCUT2D eigenvalue weighted by molar-refractivity contribution is -0.0982. The third-order valence-corrected chi connectivity index (χ3v) is 3.83. The van der Waals surface area contributed by atoms with E-state index in [0.717, 1.165) is 29.7 Å². The monoisotopic (exact) mass is 333 g/mol. The molecule has 1 fully saturated rings. The van der Waals surface area contributed by atoms with Crippen LogP contribution in [0.2, 0.25) is 5.02 Å². The molecule has 1 aromatic carbocycles. The van der Waals surface area contributed by atoms with Crippen LogP contribution in [0, 0.1) is 0 Å². The summed E-state index contributed by atoms with van der Waals surface area (Å²) in [6, 6.07) is 5.56. The first-order valence-electron chi connectivity index (χ1n) is 6.10. The maximum Gasteiger partial charge on any atom is 0.134 e. The van der Waals surface area contributed by atoms with Crippen LogP contribution in [0.15, 0.2) is 22.7 Å². The Morgan fingerprint density at radius 2 is 2.28 bits per heavy atom. The molecule has 0 aliphatic heterocycles. The van der Waals surface area contributed by atoms with E-state index in [0.29, 0.717) is 5.02 Å². The fourth-order valence-corrected chi connectivity index (χ4v) is 2.73. The van der Waals surface area contributed by atoms with Crippen molar-refractivity contribution in [2.45, 2.75) is 38.0 Å². The molecule has 3 atom stereocenters. The van der Waals surface area contributed by atoms with E-state index in [-0.39, 0.29) is 18.2 Å². The number of ether oxygens (including phenoxy) is 2. The topological polar surface area (TPSA) is 44.5 Å². The number of rotatable bonds is 5. The van der Waals surface area contributed by atoms with Crippen molar-refractivity contribution in [1.29, 1.82) is 0 Å². The first kappa shape index (κ1) is 14.1. The minimum absolute atomic E-state index is 0.00692. The van der Waals surface area contributed by atoms with Crippen LogP contribution < -0.4 is 10.5 Å². The van der Waals surface area contributed by atoms with E-state index in [1.54, 1.807) is 0 Å². The molecule has 1 saturated carbocycles. The molecule has 1 aromatic rings. The fourth-order valence-electron chi connectivity index (χ4n) is 1.95. The molecule has 0 radical (unpaired) electrons. The summed E-state index contributed by atoms with van der Waals surface area (Å²) < 4.78 is 12.5. The summed E-state index contributed by atoms with van der Waals surface area (Å²) in [6.45, 7) is 2.80. The molecule has 1 aliphatic rings. The van der Waals surface area contributed by atoms with Crippen molar-refractivity contribution in [3.05, 3.63) is 27.7 Å². The lowest BCUT2D eigenvalue weighted by Gasteiger charge is -2.41. The quantitative estimate of drug-likeness (QED) is 0.898. The Morgan fingerprint density at radius 1 is 1.50 bits per heavy atom. The summed E-state index contributed by atoms with van der Waals surface area (Å²) in [6.07, 6.45) is 1.83. The summed E-state index contributed by atoms with van der Waals surface area (Å²) >= 11 is 9.33. The minimum Gasteiger partial charge on any atom is -0.486 e. The molecular formula is C13H17BrClNO2. The van der Waals surface area contributed by atoms with Crippen LogP contribution in [-0.2, 0) is 4.74 Å². The van der Waals surface area contributed by atoms with Crippen LogP contribution in [-0.4, -0.2) is 24.9 Å². The van der Waals surface area contributed by atoms with Gasteiger partial charge < -0.3 is 15.2 Å². The largest absolute Gasteiger partial charge is 0.486 e. The van der Waals surface area contributed by atoms with E-state index in [2.05, 4.69) is 22.9 Å². The van der Waals surface area contributed by atoms with Crippen molar-refractivity contribution in [3.63, 3.8) is 0 Å². The van der Waals surface area contributed by atoms with Gasteiger partial charge >= 0.3 is 0 Å². The Bertz CT molecular complexity index is 416. The Morgan fingerprint density at radius 3 is 2.89 bits per heavy atom. The van der Waals surface area contributed by atoms with E-state index >= 15 is 0 Å². The molecule has 100 valence electrons. The Hall–Kier alpha value is -0.290. The van der Waals surface area contributed by atoms with E-state index in [1.807, 2.05) is 18.2 Å². The van der Waals surface area contributed by atoms with Gasteiger partial charge in [0.2, 0.25) is 0 Å². The number of halogens is 2. The number of hydrogen-bond acceptors (Lipinski definition) is 3. The van der Waals surface area contributed by atoms with Gasteiger partial charge in [-0.1, -0.05) is 18.5 Å². The van der Waals surface area contributed by atoms with Crippen LogP contribution in [0.3, 0.4) is 0 Å². The van der Waals surface area contributed by atoms with Crippen molar-refractivity contribution >= 4 is 27.5 Å². The molecule has 2 N–H and O–H groups in total. The van der Waals surface area contributed by atoms with Crippen molar-refractivity contribution in [2.75, 3.05) is 6.61 Å². The Kier molecular flexibility index (Phi) is 4.90. The van der Waals surface area contributed by atoms with Gasteiger partial charge in [-0.15, -0.1) is 0 Å². The maximum atomic E-state index is 5.93. The summed E-state index contributed by atoms with van der Waals surface area (Å²) in [5, 5.41) is 0.679. The molecule has 0 saturated heterocycles. The summed E-state index contributed by atoms with van der Waals surface area (Å²) in [7, 11) is 0. The molecule has 0 amide bonds. The first-order chi connectivity index (χ1) is 8.61. The lowest BCUT2D eigenvalue weighted by Crippen LogP contribution is -2.59. The van der Waals surface area contributed by atoms with Crippen LogP contribution in [0.25, 0.3) is 0 Å². The van der Waals surface area contributed by atoms with Crippen molar-refractivity contribution in [2.24, 2.45) is 5.73 Å². The molecule has 3 nitrogen and oxygen atoms in total. The highest BCUT2D eigenvalue weighted by atomic mass is 79.9. The number of benzene rings is 1. The zero-order valence-corrected chi connectivity index (χ0v) is 12.6. The standard InChI is InChI=1S/C13H17BrClNO2/c1-2-5-17-13-10(16)7-12(13)18-11-4-3-8(15)6-9(11)14/h3-4,6,10,12-13H,2,5,7,16H2,1H3. The lowest BCUT2D eigenvalue weighted by atomic mass is 9.86. The molecule has 1 aliphatic carbocycles. The van der Waals surface area contributed by atoms with E-state index in [4.69, 9.17) is 26.8 Å². The van der Waals surface area contributed by atoms with Gasteiger partial charge in [0.1, 0.15) is 18.0 Å². The van der Waals surface area contributed by atoms with Crippen LogP contribution in [0.4, 0.5) is 0 Å². The van der Waals surface area contributed by atoms with Gasteiger partial charge in [0.25, 0.3) is 0 Å². The molecule has 5 heteroatoms. The second kappa shape index (κ2) is 6.24. The van der Waals surface area contributed by atoms with Gasteiger partial charge in [0.05, 0.1) is 4.47 Å². The molecule has 3 unspecified atom stereocenters. The highest BCUT2D eigenvalue weighted by Gasteiger charge is 2.41. The predicted octanol–water partition coefficient (Wildman–Crippen LogP) is 3.38. The minimum atomic E-state index is -0.00692. The first-order valence-corrected chi connectivity index (χ1v) is 7.27. The van der Waals surface area contributed by atoms with E-state index in [9.17, 15) is 0 Å². The summed E-state index contributed by atoms with van der Waals surface area (Å²) in [5.41, 5.74) is 5.93. The van der Waals surface area contributed by atoms with E-state index < -0.39 is 0 Å². The molecule has 2 rings (SSSR count). The van der Waals surface area contributed by atoms with Crippen LogP contribution in [0.5, 0.6) is 5.75 Å². The molecule has 0 bridgehead atoms. The Labute approximate surface area is 121 Å². The third kappa shape index (κ3) is 3.18. The Balaban J connectivity index is 1.96. The normalized spacial score (nSPS) is 26.8. The van der Waals surface area contributed by atoms with Gasteiger partial charge in [0.15, 0.2) is 0 Å². The fraction of sp³-hybridized carbons (Fsp3) is 0.538.